The molecule has 0 aromatic heterocycles. The monoisotopic (exact) mass is 316 g/mol. The molecule has 1 aromatic carbocycles. The number of piperidine rings is 1. The zero-order valence-electron chi connectivity index (χ0n) is 13.7. The number of hydrogen-bond donors (Lipinski definition) is 1. The van der Waals surface area contributed by atoms with Crippen LogP contribution in [-0.2, 0) is 9.59 Å². The smallest absolute Gasteiger partial charge is 0.225 e. The third kappa shape index (κ3) is 3.49. The van der Waals surface area contributed by atoms with Crippen LogP contribution in [0, 0.1) is 11.8 Å². The molecule has 5 heteroatoms. The molecule has 0 unspecified atom stereocenters. The molecule has 1 heterocycles. The van der Waals surface area contributed by atoms with E-state index in [1.807, 2.05) is 24.3 Å². The standard InChI is InChI=1S/C18H24N2O3/c1-20-16(21)10-9-15(18(22)19-11-12-3-4-12)17(20)13-5-7-14(23-2)8-6-13/h5-8,12,15,17H,3-4,9-11H2,1-2H3,(H,19,22)/t15-,17+/m1/s1. The summed E-state index contributed by atoms with van der Waals surface area (Å²) in [6.07, 6.45) is 3.47. The van der Waals surface area contributed by atoms with Crippen LogP contribution in [0.15, 0.2) is 24.3 Å². The fraction of sp³-hybridized carbons (Fsp3) is 0.556. The molecule has 0 radical (unpaired) electrons. The lowest BCUT2D eigenvalue weighted by molar-refractivity contribution is -0.141. The Bertz CT molecular complexity index is 580. The van der Waals surface area contributed by atoms with E-state index >= 15 is 0 Å². The second-order valence-corrected chi connectivity index (χ2v) is 6.56. The van der Waals surface area contributed by atoms with Crippen molar-refractivity contribution < 1.29 is 14.3 Å². The first-order chi connectivity index (χ1) is 11.1. The maximum atomic E-state index is 12.6. The third-order valence-corrected chi connectivity index (χ3v) is 4.92. The molecule has 2 fully saturated rings. The summed E-state index contributed by atoms with van der Waals surface area (Å²) >= 11 is 0. The van der Waals surface area contributed by atoms with E-state index in [9.17, 15) is 9.59 Å². The minimum Gasteiger partial charge on any atom is -0.497 e. The van der Waals surface area contributed by atoms with E-state index in [-0.39, 0.29) is 23.8 Å². The third-order valence-electron chi connectivity index (χ3n) is 4.92. The Kier molecular flexibility index (Phi) is 4.55. The Morgan fingerprint density at radius 1 is 1.26 bits per heavy atom. The second-order valence-electron chi connectivity index (χ2n) is 6.56. The summed E-state index contributed by atoms with van der Waals surface area (Å²) in [7, 11) is 3.41. The van der Waals surface area contributed by atoms with Gasteiger partial charge in [0, 0.05) is 20.0 Å². The molecule has 1 aromatic rings. The Balaban J connectivity index is 1.79. The van der Waals surface area contributed by atoms with Gasteiger partial charge in [-0.25, -0.2) is 0 Å². The predicted molar refractivity (Wildman–Crippen MR) is 87.0 cm³/mol. The maximum absolute atomic E-state index is 12.6. The van der Waals surface area contributed by atoms with Crippen LogP contribution in [0.2, 0.25) is 0 Å². The normalized spacial score (nSPS) is 24.4. The number of amides is 2. The minimum atomic E-state index is -0.207. The van der Waals surface area contributed by atoms with Gasteiger partial charge in [0.2, 0.25) is 11.8 Å². The Morgan fingerprint density at radius 2 is 1.96 bits per heavy atom. The maximum Gasteiger partial charge on any atom is 0.225 e. The van der Waals surface area contributed by atoms with Gasteiger partial charge in [0.15, 0.2) is 0 Å². The molecule has 124 valence electrons. The molecular weight excluding hydrogens is 292 g/mol. The van der Waals surface area contributed by atoms with Crippen molar-refractivity contribution in [2.75, 3.05) is 20.7 Å². The zero-order valence-corrected chi connectivity index (χ0v) is 13.7. The molecule has 1 saturated heterocycles. The van der Waals surface area contributed by atoms with E-state index in [4.69, 9.17) is 4.74 Å². The number of benzene rings is 1. The number of hydrogen-bond acceptors (Lipinski definition) is 3. The summed E-state index contributed by atoms with van der Waals surface area (Å²) in [5.74, 6) is 1.40. The van der Waals surface area contributed by atoms with Gasteiger partial charge >= 0.3 is 0 Å². The fourth-order valence-electron chi connectivity index (χ4n) is 3.27. The molecule has 3 rings (SSSR count). The average molecular weight is 316 g/mol. The van der Waals surface area contributed by atoms with Gasteiger partial charge < -0.3 is 15.0 Å². The number of rotatable bonds is 5. The molecular formula is C18H24N2O3. The number of likely N-dealkylation sites (tertiary alicyclic amines) is 1. The fourth-order valence-corrected chi connectivity index (χ4v) is 3.27. The van der Waals surface area contributed by atoms with E-state index in [1.54, 1.807) is 19.1 Å². The van der Waals surface area contributed by atoms with Crippen LogP contribution in [-0.4, -0.2) is 37.4 Å². The van der Waals surface area contributed by atoms with Crippen molar-refractivity contribution in [2.24, 2.45) is 11.8 Å². The molecule has 2 aliphatic rings. The number of methoxy groups -OCH3 is 1. The molecule has 0 bridgehead atoms. The lowest BCUT2D eigenvalue weighted by Gasteiger charge is -2.38. The topological polar surface area (TPSA) is 58.6 Å². The van der Waals surface area contributed by atoms with Crippen LogP contribution in [0.1, 0.15) is 37.3 Å². The number of nitrogens with zero attached hydrogens (tertiary/aromatic N) is 1. The van der Waals surface area contributed by atoms with Gasteiger partial charge in [0.05, 0.1) is 19.1 Å². The van der Waals surface area contributed by atoms with E-state index in [0.717, 1.165) is 17.9 Å². The summed E-state index contributed by atoms with van der Waals surface area (Å²) in [5, 5.41) is 3.07. The molecule has 2 amide bonds. The highest BCUT2D eigenvalue weighted by atomic mass is 16.5. The summed E-state index contributed by atoms with van der Waals surface area (Å²) in [5.41, 5.74) is 0.980. The van der Waals surface area contributed by atoms with Crippen molar-refractivity contribution in [2.45, 2.75) is 31.7 Å². The summed E-state index contributed by atoms with van der Waals surface area (Å²) < 4.78 is 5.19. The minimum absolute atomic E-state index is 0.0667. The van der Waals surface area contributed by atoms with Gasteiger partial charge in [-0.2, -0.15) is 0 Å². The molecule has 5 nitrogen and oxygen atoms in total. The molecule has 1 aliphatic carbocycles. The van der Waals surface area contributed by atoms with Crippen molar-refractivity contribution in [3.05, 3.63) is 29.8 Å². The Morgan fingerprint density at radius 3 is 2.57 bits per heavy atom. The number of carbonyl (C=O) groups is 2. The summed E-state index contributed by atoms with van der Waals surface area (Å²) in [6.45, 7) is 0.766. The molecule has 1 N–H and O–H groups in total. The quantitative estimate of drug-likeness (QED) is 0.905. The van der Waals surface area contributed by atoms with Gasteiger partial charge in [0.1, 0.15) is 5.75 Å². The number of carbonyl (C=O) groups excluding carboxylic acids is 2. The SMILES string of the molecule is COc1ccc([C@H]2[C@H](C(=O)NCC3CC3)CCC(=O)N2C)cc1. The highest BCUT2D eigenvalue weighted by molar-refractivity contribution is 5.84. The van der Waals surface area contributed by atoms with Crippen LogP contribution in [0.4, 0.5) is 0 Å². The average Bonchev–Trinajstić information content (AvgIpc) is 3.39. The largest absolute Gasteiger partial charge is 0.497 e. The molecule has 0 spiro atoms. The van der Waals surface area contributed by atoms with E-state index in [0.29, 0.717) is 18.8 Å². The highest BCUT2D eigenvalue weighted by Gasteiger charge is 2.39. The first-order valence-electron chi connectivity index (χ1n) is 8.27. The lowest BCUT2D eigenvalue weighted by Crippen LogP contribution is -2.46. The van der Waals surface area contributed by atoms with E-state index in [1.165, 1.54) is 12.8 Å². The van der Waals surface area contributed by atoms with E-state index in [2.05, 4.69) is 5.32 Å². The van der Waals surface area contributed by atoms with Crippen LogP contribution < -0.4 is 10.1 Å². The molecule has 1 aliphatic heterocycles. The molecule has 2 atom stereocenters. The van der Waals surface area contributed by atoms with Gasteiger partial charge in [-0.15, -0.1) is 0 Å². The lowest BCUT2D eigenvalue weighted by atomic mass is 9.84. The molecule has 1 saturated carbocycles. The van der Waals surface area contributed by atoms with Crippen LogP contribution in [0.3, 0.4) is 0 Å². The van der Waals surface area contributed by atoms with Gasteiger partial charge in [-0.3, -0.25) is 9.59 Å². The van der Waals surface area contributed by atoms with Crippen molar-refractivity contribution in [1.82, 2.24) is 10.2 Å². The van der Waals surface area contributed by atoms with Gasteiger partial charge in [-0.1, -0.05) is 12.1 Å². The number of nitrogens with one attached hydrogen (secondary N) is 1. The van der Waals surface area contributed by atoms with Crippen molar-refractivity contribution in [1.29, 1.82) is 0 Å². The van der Waals surface area contributed by atoms with E-state index < -0.39 is 0 Å². The van der Waals surface area contributed by atoms with Crippen molar-refractivity contribution >= 4 is 11.8 Å². The van der Waals surface area contributed by atoms with Crippen LogP contribution in [0.5, 0.6) is 5.75 Å². The highest BCUT2D eigenvalue weighted by Crippen LogP contribution is 2.36. The Labute approximate surface area is 137 Å². The second kappa shape index (κ2) is 6.60. The number of ether oxygens (including phenoxy) is 1. The van der Waals surface area contributed by atoms with Gasteiger partial charge in [-0.05, 0) is 42.9 Å². The molecule has 23 heavy (non-hydrogen) atoms. The first kappa shape index (κ1) is 15.8. The van der Waals surface area contributed by atoms with Crippen LogP contribution in [0.25, 0.3) is 0 Å². The van der Waals surface area contributed by atoms with Crippen molar-refractivity contribution in [3.63, 3.8) is 0 Å². The zero-order chi connectivity index (χ0) is 16.4. The summed E-state index contributed by atoms with van der Waals surface area (Å²) in [4.78, 5) is 26.4. The van der Waals surface area contributed by atoms with Crippen LogP contribution >= 0.6 is 0 Å². The first-order valence-corrected chi connectivity index (χ1v) is 8.27. The summed E-state index contributed by atoms with van der Waals surface area (Å²) in [6, 6.07) is 7.43. The predicted octanol–water partition coefficient (Wildman–Crippen LogP) is 2.13. The van der Waals surface area contributed by atoms with Gasteiger partial charge in [0.25, 0.3) is 0 Å². The Hall–Kier alpha value is -2.04. The van der Waals surface area contributed by atoms with Crippen molar-refractivity contribution in [3.8, 4) is 5.75 Å².